The topological polar surface area (TPSA) is 54.3 Å². The van der Waals surface area contributed by atoms with Crippen LogP contribution >= 0.6 is 0 Å². The Hall–Kier alpha value is -1.81. The molecule has 1 heterocycles. The number of carbonyl (C=O) groups is 1. The summed E-state index contributed by atoms with van der Waals surface area (Å²) in [5, 5.41) is 14.0. The number of aryl methyl sites for hydroxylation is 1. The number of benzene rings is 1. The van der Waals surface area contributed by atoms with Crippen LogP contribution in [0.2, 0.25) is 0 Å². The van der Waals surface area contributed by atoms with Gasteiger partial charge >= 0.3 is 0 Å². The van der Waals surface area contributed by atoms with Crippen LogP contribution in [0.5, 0.6) is 0 Å². The SMILES string of the molecule is CC(C)CC(=O)NCC(O)c1ccc2c(ccn2C)c1. The number of nitrogens with one attached hydrogen (secondary N) is 1. The van der Waals surface area contributed by atoms with E-state index in [2.05, 4.69) is 5.32 Å². The number of nitrogens with zero attached hydrogens (tertiary/aromatic N) is 1. The number of carbonyl (C=O) groups excluding carboxylic acids is 1. The highest BCUT2D eigenvalue weighted by Crippen LogP contribution is 2.20. The Morgan fingerprint density at radius 3 is 2.80 bits per heavy atom. The van der Waals surface area contributed by atoms with E-state index in [0.29, 0.717) is 12.3 Å². The summed E-state index contributed by atoms with van der Waals surface area (Å²) in [6, 6.07) is 7.88. The van der Waals surface area contributed by atoms with Gasteiger partial charge in [0.1, 0.15) is 0 Å². The number of aliphatic hydroxyl groups is 1. The molecule has 2 rings (SSSR count). The maximum Gasteiger partial charge on any atom is 0.220 e. The summed E-state index contributed by atoms with van der Waals surface area (Å²) in [4.78, 5) is 11.6. The molecule has 2 aromatic rings. The predicted molar refractivity (Wildman–Crippen MR) is 80.3 cm³/mol. The Bertz CT molecular complexity index is 602. The fraction of sp³-hybridized carbons (Fsp3) is 0.438. The fourth-order valence-electron chi connectivity index (χ4n) is 2.28. The molecule has 0 fully saturated rings. The van der Waals surface area contributed by atoms with Gasteiger partial charge in [-0.1, -0.05) is 19.9 Å². The van der Waals surface area contributed by atoms with Gasteiger partial charge < -0.3 is 15.0 Å². The molecule has 1 aromatic heterocycles. The standard InChI is InChI=1S/C16H22N2O2/c1-11(2)8-16(20)17-10-15(19)13-4-5-14-12(9-13)6-7-18(14)3/h4-7,9,11,15,19H,8,10H2,1-3H3,(H,17,20). The van der Waals surface area contributed by atoms with E-state index in [1.54, 1.807) is 0 Å². The third kappa shape index (κ3) is 3.39. The Morgan fingerprint density at radius 2 is 2.10 bits per heavy atom. The van der Waals surface area contributed by atoms with E-state index in [0.717, 1.165) is 16.5 Å². The van der Waals surface area contributed by atoms with Crippen LogP contribution in [0.25, 0.3) is 10.9 Å². The van der Waals surface area contributed by atoms with Crippen LogP contribution < -0.4 is 5.32 Å². The number of amides is 1. The van der Waals surface area contributed by atoms with E-state index in [1.165, 1.54) is 0 Å². The molecule has 0 radical (unpaired) electrons. The van der Waals surface area contributed by atoms with Gasteiger partial charge in [-0.15, -0.1) is 0 Å². The summed E-state index contributed by atoms with van der Waals surface area (Å²) < 4.78 is 2.04. The van der Waals surface area contributed by atoms with Gasteiger partial charge in [-0.3, -0.25) is 4.79 Å². The van der Waals surface area contributed by atoms with Gasteiger partial charge in [-0.2, -0.15) is 0 Å². The van der Waals surface area contributed by atoms with Gasteiger partial charge in [0.05, 0.1) is 6.10 Å². The van der Waals surface area contributed by atoms with Crippen molar-refractivity contribution >= 4 is 16.8 Å². The lowest BCUT2D eigenvalue weighted by molar-refractivity contribution is -0.122. The molecular weight excluding hydrogens is 252 g/mol. The van der Waals surface area contributed by atoms with Crippen molar-refractivity contribution in [3.63, 3.8) is 0 Å². The van der Waals surface area contributed by atoms with Crippen molar-refractivity contribution in [2.24, 2.45) is 13.0 Å². The summed E-state index contributed by atoms with van der Waals surface area (Å²) in [6.45, 7) is 4.25. The molecule has 0 bridgehead atoms. The molecule has 1 aromatic carbocycles. The molecule has 0 saturated carbocycles. The number of aromatic nitrogens is 1. The first-order valence-corrected chi connectivity index (χ1v) is 6.97. The number of aliphatic hydroxyl groups excluding tert-OH is 1. The average Bonchev–Trinajstić information content (AvgIpc) is 2.76. The number of fused-ring (bicyclic) bond motifs is 1. The minimum absolute atomic E-state index is 0.0140. The van der Waals surface area contributed by atoms with Crippen LogP contribution in [0.15, 0.2) is 30.5 Å². The van der Waals surface area contributed by atoms with Crippen molar-refractivity contribution in [2.75, 3.05) is 6.54 Å². The van der Waals surface area contributed by atoms with Crippen LogP contribution in [-0.4, -0.2) is 22.1 Å². The van der Waals surface area contributed by atoms with Gasteiger partial charge in [-0.25, -0.2) is 0 Å². The largest absolute Gasteiger partial charge is 0.387 e. The second kappa shape index (κ2) is 6.09. The predicted octanol–water partition coefficient (Wildman–Crippen LogP) is 2.37. The molecule has 4 heteroatoms. The van der Waals surface area contributed by atoms with Crippen LogP contribution in [0.1, 0.15) is 31.9 Å². The van der Waals surface area contributed by atoms with Gasteiger partial charge in [0.15, 0.2) is 0 Å². The normalized spacial score (nSPS) is 12.8. The Morgan fingerprint density at radius 1 is 1.35 bits per heavy atom. The maximum atomic E-state index is 11.6. The van der Waals surface area contributed by atoms with E-state index < -0.39 is 6.10 Å². The van der Waals surface area contributed by atoms with Gasteiger partial charge in [0, 0.05) is 31.7 Å². The smallest absolute Gasteiger partial charge is 0.220 e. The molecule has 2 N–H and O–H groups in total. The lowest BCUT2D eigenvalue weighted by Crippen LogP contribution is -2.29. The van der Waals surface area contributed by atoms with Crippen LogP contribution in [0, 0.1) is 5.92 Å². The average molecular weight is 274 g/mol. The van der Waals surface area contributed by atoms with Crippen LogP contribution in [0.4, 0.5) is 0 Å². The molecule has 4 nitrogen and oxygen atoms in total. The molecule has 20 heavy (non-hydrogen) atoms. The first-order valence-electron chi connectivity index (χ1n) is 6.97. The van der Waals surface area contributed by atoms with Crippen molar-refractivity contribution in [3.05, 3.63) is 36.0 Å². The van der Waals surface area contributed by atoms with E-state index in [1.807, 2.05) is 55.9 Å². The van der Waals surface area contributed by atoms with Crippen molar-refractivity contribution < 1.29 is 9.90 Å². The highest BCUT2D eigenvalue weighted by Gasteiger charge is 2.11. The Balaban J connectivity index is 2.00. The third-order valence-corrected chi connectivity index (χ3v) is 3.38. The molecule has 1 atom stereocenters. The van der Waals surface area contributed by atoms with Crippen molar-refractivity contribution in [3.8, 4) is 0 Å². The zero-order valence-electron chi connectivity index (χ0n) is 12.3. The number of rotatable bonds is 5. The molecule has 108 valence electrons. The molecule has 0 spiro atoms. The van der Waals surface area contributed by atoms with E-state index >= 15 is 0 Å². The van der Waals surface area contributed by atoms with E-state index in [-0.39, 0.29) is 12.5 Å². The lowest BCUT2D eigenvalue weighted by Gasteiger charge is -2.13. The molecule has 0 aliphatic carbocycles. The molecule has 0 aliphatic heterocycles. The minimum atomic E-state index is -0.671. The molecule has 1 amide bonds. The maximum absolute atomic E-state index is 11.6. The van der Waals surface area contributed by atoms with E-state index in [4.69, 9.17) is 0 Å². The van der Waals surface area contributed by atoms with Crippen molar-refractivity contribution in [1.29, 1.82) is 0 Å². The first-order chi connectivity index (χ1) is 9.47. The molecule has 0 aliphatic rings. The summed E-state index contributed by atoms with van der Waals surface area (Å²) in [5.74, 6) is 0.313. The number of hydrogen-bond acceptors (Lipinski definition) is 2. The van der Waals surface area contributed by atoms with E-state index in [9.17, 15) is 9.90 Å². The van der Waals surface area contributed by atoms with Crippen molar-refractivity contribution in [1.82, 2.24) is 9.88 Å². The first kappa shape index (κ1) is 14.6. The Kier molecular flexibility index (Phi) is 4.45. The molecular formula is C16H22N2O2. The lowest BCUT2D eigenvalue weighted by atomic mass is 10.1. The fourth-order valence-corrected chi connectivity index (χ4v) is 2.28. The van der Waals surface area contributed by atoms with Gasteiger partial charge in [-0.05, 0) is 35.1 Å². The highest BCUT2D eigenvalue weighted by atomic mass is 16.3. The second-order valence-electron chi connectivity index (χ2n) is 5.66. The highest BCUT2D eigenvalue weighted by molar-refractivity contribution is 5.81. The van der Waals surface area contributed by atoms with Crippen LogP contribution in [0.3, 0.4) is 0 Å². The Labute approximate surface area is 119 Å². The summed E-state index contributed by atoms with van der Waals surface area (Å²) in [7, 11) is 1.99. The second-order valence-corrected chi connectivity index (χ2v) is 5.66. The summed E-state index contributed by atoms with van der Waals surface area (Å²) in [5.41, 5.74) is 1.96. The monoisotopic (exact) mass is 274 g/mol. The summed E-state index contributed by atoms with van der Waals surface area (Å²) >= 11 is 0. The third-order valence-electron chi connectivity index (χ3n) is 3.38. The summed E-state index contributed by atoms with van der Waals surface area (Å²) in [6.07, 6.45) is 1.81. The zero-order valence-corrected chi connectivity index (χ0v) is 12.3. The zero-order chi connectivity index (χ0) is 14.7. The van der Waals surface area contributed by atoms with Gasteiger partial charge in [0.25, 0.3) is 0 Å². The minimum Gasteiger partial charge on any atom is -0.387 e. The molecule has 0 saturated heterocycles. The van der Waals surface area contributed by atoms with Gasteiger partial charge in [0.2, 0.25) is 5.91 Å². The van der Waals surface area contributed by atoms with Crippen molar-refractivity contribution in [2.45, 2.75) is 26.4 Å². The molecule has 1 unspecified atom stereocenters. The quantitative estimate of drug-likeness (QED) is 0.879. The van der Waals surface area contributed by atoms with Crippen LogP contribution in [-0.2, 0) is 11.8 Å². The number of hydrogen-bond donors (Lipinski definition) is 2.